The van der Waals surface area contributed by atoms with Gasteiger partial charge in [0.05, 0.1) is 5.75 Å². The minimum Gasteiger partial charge on any atom is -0.400 e. The molecule has 0 radical (unpaired) electrons. The summed E-state index contributed by atoms with van der Waals surface area (Å²) in [5, 5.41) is 2.01. The Labute approximate surface area is 108 Å². The lowest BCUT2D eigenvalue weighted by Crippen LogP contribution is -2.03. The molecule has 0 N–H and O–H groups in total. The van der Waals surface area contributed by atoms with Crippen LogP contribution in [-0.2, 0) is 16.8 Å². The summed E-state index contributed by atoms with van der Waals surface area (Å²) in [6.07, 6.45) is 0. The lowest BCUT2D eigenvalue weighted by Gasteiger charge is -2.04. The van der Waals surface area contributed by atoms with Gasteiger partial charge in [-0.2, -0.15) is 0 Å². The highest BCUT2D eigenvalue weighted by Crippen LogP contribution is 2.19. The standard InChI is InChI=1S/C13H14O2S2/c1-10-3-5-13(6-4-10)15-17(14)9-12-7-8-16-11(12)2/h3-8H,9H2,1-2H3. The molecule has 2 nitrogen and oxygen atoms in total. The van der Waals surface area contributed by atoms with Gasteiger partial charge < -0.3 is 4.18 Å². The number of hydrogen-bond acceptors (Lipinski definition) is 3. The van der Waals surface area contributed by atoms with Gasteiger partial charge in [0.1, 0.15) is 5.75 Å². The van der Waals surface area contributed by atoms with Crippen LogP contribution in [0.15, 0.2) is 35.7 Å². The lowest BCUT2D eigenvalue weighted by atomic mass is 10.2. The maximum Gasteiger partial charge on any atom is 0.211 e. The number of rotatable bonds is 4. The van der Waals surface area contributed by atoms with Gasteiger partial charge in [-0.3, -0.25) is 0 Å². The molecule has 0 amide bonds. The number of thiophene rings is 1. The first kappa shape index (κ1) is 12.3. The fourth-order valence-electron chi connectivity index (χ4n) is 1.42. The first-order chi connectivity index (χ1) is 8.15. The Morgan fingerprint density at radius 3 is 2.47 bits per heavy atom. The van der Waals surface area contributed by atoms with E-state index < -0.39 is 11.1 Å². The molecular weight excluding hydrogens is 252 g/mol. The monoisotopic (exact) mass is 266 g/mol. The Kier molecular flexibility index (Phi) is 3.97. The zero-order chi connectivity index (χ0) is 12.3. The van der Waals surface area contributed by atoms with Crippen molar-refractivity contribution < 1.29 is 8.39 Å². The molecule has 17 heavy (non-hydrogen) atoms. The zero-order valence-electron chi connectivity index (χ0n) is 9.80. The van der Waals surface area contributed by atoms with E-state index in [1.165, 1.54) is 4.88 Å². The maximum atomic E-state index is 11.8. The van der Waals surface area contributed by atoms with Crippen molar-refractivity contribution in [3.8, 4) is 5.75 Å². The van der Waals surface area contributed by atoms with Gasteiger partial charge in [0.2, 0.25) is 11.1 Å². The van der Waals surface area contributed by atoms with Gasteiger partial charge in [-0.25, -0.2) is 4.21 Å². The molecule has 90 valence electrons. The molecule has 2 rings (SSSR count). The molecule has 1 unspecified atom stereocenters. The summed E-state index contributed by atoms with van der Waals surface area (Å²) >= 11 is 0.354. The van der Waals surface area contributed by atoms with Crippen molar-refractivity contribution in [3.05, 3.63) is 51.7 Å². The molecule has 0 aliphatic carbocycles. The molecule has 0 aliphatic rings. The molecule has 0 fully saturated rings. The first-order valence-corrected chi connectivity index (χ1v) is 7.44. The molecule has 0 spiro atoms. The van der Waals surface area contributed by atoms with Crippen LogP contribution >= 0.6 is 11.3 Å². The molecular formula is C13H14O2S2. The van der Waals surface area contributed by atoms with Crippen molar-refractivity contribution in [2.24, 2.45) is 0 Å². The Hall–Kier alpha value is -1.13. The van der Waals surface area contributed by atoms with E-state index in [4.69, 9.17) is 4.18 Å². The smallest absolute Gasteiger partial charge is 0.211 e. The molecule has 4 heteroatoms. The highest BCUT2D eigenvalue weighted by atomic mass is 32.2. The van der Waals surface area contributed by atoms with E-state index in [9.17, 15) is 4.21 Å². The van der Waals surface area contributed by atoms with Crippen molar-refractivity contribution in [2.45, 2.75) is 19.6 Å². The van der Waals surface area contributed by atoms with E-state index in [-0.39, 0.29) is 0 Å². The highest BCUT2D eigenvalue weighted by molar-refractivity contribution is 7.79. The van der Waals surface area contributed by atoms with Gasteiger partial charge in [-0.1, -0.05) is 17.7 Å². The Morgan fingerprint density at radius 2 is 1.88 bits per heavy atom. The third-order valence-corrected chi connectivity index (χ3v) is 4.26. The van der Waals surface area contributed by atoms with Crippen LogP contribution < -0.4 is 4.18 Å². The van der Waals surface area contributed by atoms with Crippen molar-refractivity contribution in [1.82, 2.24) is 0 Å². The summed E-state index contributed by atoms with van der Waals surface area (Å²) in [4.78, 5) is 1.20. The molecule has 0 saturated carbocycles. The van der Waals surface area contributed by atoms with E-state index in [0.717, 1.165) is 11.1 Å². The first-order valence-electron chi connectivity index (χ1n) is 5.31. The Morgan fingerprint density at radius 1 is 1.18 bits per heavy atom. The van der Waals surface area contributed by atoms with Crippen molar-refractivity contribution in [2.75, 3.05) is 0 Å². The van der Waals surface area contributed by atoms with Gasteiger partial charge in [0, 0.05) is 4.88 Å². The Balaban J connectivity index is 1.98. The molecule has 1 aromatic heterocycles. The van der Waals surface area contributed by atoms with Crippen LogP contribution in [0.1, 0.15) is 16.0 Å². The largest absolute Gasteiger partial charge is 0.400 e. The van der Waals surface area contributed by atoms with Gasteiger partial charge in [-0.15, -0.1) is 11.3 Å². The molecule has 0 saturated heterocycles. The molecule has 0 bridgehead atoms. The van der Waals surface area contributed by atoms with Crippen LogP contribution in [0.25, 0.3) is 0 Å². The van der Waals surface area contributed by atoms with E-state index in [0.29, 0.717) is 11.5 Å². The van der Waals surface area contributed by atoms with Gasteiger partial charge in [0.15, 0.2) is 0 Å². The predicted octanol–water partition coefficient (Wildman–Crippen LogP) is 3.61. The van der Waals surface area contributed by atoms with Crippen LogP contribution in [0.3, 0.4) is 0 Å². The van der Waals surface area contributed by atoms with Gasteiger partial charge in [0.25, 0.3) is 0 Å². The van der Waals surface area contributed by atoms with Crippen LogP contribution in [0.5, 0.6) is 5.75 Å². The topological polar surface area (TPSA) is 26.3 Å². The lowest BCUT2D eigenvalue weighted by molar-refractivity contribution is 0.561. The summed E-state index contributed by atoms with van der Waals surface area (Å²) in [5.41, 5.74) is 2.26. The fourth-order valence-corrected chi connectivity index (χ4v) is 3.19. The van der Waals surface area contributed by atoms with E-state index in [2.05, 4.69) is 0 Å². The number of hydrogen-bond donors (Lipinski definition) is 0. The van der Waals surface area contributed by atoms with Crippen LogP contribution in [0.4, 0.5) is 0 Å². The summed E-state index contributed by atoms with van der Waals surface area (Å²) in [7, 11) is 0. The van der Waals surface area contributed by atoms with Crippen molar-refractivity contribution in [3.63, 3.8) is 0 Å². The normalized spacial score (nSPS) is 12.4. The van der Waals surface area contributed by atoms with E-state index >= 15 is 0 Å². The summed E-state index contributed by atoms with van der Waals surface area (Å²) in [5.74, 6) is 1.10. The minimum atomic E-state index is -1.31. The van der Waals surface area contributed by atoms with E-state index in [1.54, 1.807) is 11.3 Å². The molecule has 1 heterocycles. The summed E-state index contributed by atoms with van der Waals surface area (Å²) in [6, 6.07) is 9.57. The molecule has 1 aromatic carbocycles. The second-order valence-corrected chi connectivity index (χ2v) is 6.03. The third kappa shape index (κ3) is 3.41. The third-order valence-electron chi connectivity index (χ3n) is 2.45. The second kappa shape index (κ2) is 5.47. The highest BCUT2D eigenvalue weighted by Gasteiger charge is 2.07. The van der Waals surface area contributed by atoms with Crippen LogP contribution in [0, 0.1) is 13.8 Å². The summed E-state index contributed by atoms with van der Waals surface area (Å²) in [6.45, 7) is 4.04. The SMILES string of the molecule is Cc1ccc(OS(=O)Cc2ccsc2C)cc1. The average molecular weight is 266 g/mol. The van der Waals surface area contributed by atoms with Crippen LogP contribution in [0.2, 0.25) is 0 Å². The predicted molar refractivity (Wildman–Crippen MR) is 72.7 cm³/mol. The van der Waals surface area contributed by atoms with Gasteiger partial charge >= 0.3 is 0 Å². The minimum absolute atomic E-state index is 0.448. The number of aryl methyl sites for hydroxylation is 2. The molecule has 1 atom stereocenters. The van der Waals surface area contributed by atoms with Crippen molar-refractivity contribution in [1.29, 1.82) is 0 Å². The number of benzene rings is 1. The maximum absolute atomic E-state index is 11.8. The molecule has 0 aliphatic heterocycles. The van der Waals surface area contributed by atoms with Gasteiger partial charge in [-0.05, 0) is 43.0 Å². The van der Waals surface area contributed by atoms with E-state index in [1.807, 2.05) is 49.6 Å². The molecule has 2 aromatic rings. The summed E-state index contributed by atoms with van der Waals surface area (Å²) < 4.78 is 17.2. The second-order valence-electron chi connectivity index (χ2n) is 3.85. The average Bonchev–Trinajstić information content (AvgIpc) is 2.68. The quantitative estimate of drug-likeness (QED) is 0.845. The Bertz CT molecular complexity index is 514. The van der Waals surface area contributed by atoms with Crippen LogP contribution in [-0.4, -0.2) is 4.21 Å². The fraction of sp³-hybridized carbons (Fsp3) is 0.231. The zero-order valence-corrected chi connectivity index (χ0v) is 11.4. The van der Waals surface area contributed by atoms with Crippen molar-refractivity contribution >= 4 is 22.4 Å².